The first-order valence-corrected chi connectivity index (χ1v) is 4.99. The van der Waals surface area contributed by atoms with Gasteiger partial charge in [0.15, 0.2) is 4.88 Å². The molecule has 4 nitrogen and oxygen atoms in total. The molecule has 0 saturated carbocycles. The SMILES string of the molecule is COCC(C)Oc1ccsc1C(=O)O. The first-order chi connectivity index (χ1) is 6.65. The number of thiophene rings is 1. The lowest BCUT2D eigenvalue weighted by Crippen LogP contribution is -2.18. The number of rotatable bonds is 5. The van der Waals surface area contributed by atoms with Gasteiger partial charge >= 0.3 is 5.97 Å². The van der Waals surface area contributed by atoms with Crippen molar-refractivity contribution < 1.29 is 19.4 Å². The maximum atomic E-state index is 10.7. The number of carboxylic acids is 1. The van der Waals surface area contributed by atoms with E-state index in [1.807, 2.05) is 6.92 Å². The van der Waals surface area contributed by atoms with Gasteiger partial charge in [0.05, 0.1) is 6.61 Å². The molecule has 0 aliphatic heterocycles. The second-order valence-corrected chi connectivity index (χ2v) is 3.72. The Bertz CT molecular complexity index is 308. The van der Waals surface area contributed by atoms with Gasteiger partial charge in [-0.25, -0.2) is 4.79 Å². The van der Waals surface area contributed by atoms with Crippen molar-refractivity contribution >= 4 is 17.3 Å². The van der Waals surface area contributed by atoms with E-state index >= 15 is 0 Å². The topological polar surface area (TPSA) is 55.8 Å². The van der Waals surface area contributed by atoms with Crippen LogP contribution in [0.5, 0.6) is 5.75 Å². The van der Waals surface area contributed by atoms with Gasteiger partial charge in [0.2, 0.25) is 0 Å². The maximum absolute atomic E-state index is 10.7. The summed E-state index contributed by atoms with van der Waals surface area (Å²) in [5, 5.41) is 10.5. The molecular formula is C9H12O4S. The first kappa shape index (κ1) is 11.0. The van der Waals surface area contributed by atoms with Crippen LogP contribution in [-0.4, -0.2) is 30.9 Å². The molecule has 0 radical (unpaired) electrons. The number of carboxylic acid groups (broad SMARTS) is 1. The number of carbonyl (C=O) groups is 1. The van der Waals surface area contributed by atoms with E-state index in [2.05, 4.69) is 0 Å². The molecule has 1 atom stereocenters. The fourth-order valence-electron chi connectivity index (χ4n) is 1.03. The van der Waals surface area contributed by atoms with Crippen LogP contribution in [-0.2, 0) is 4.74 Å². The third-order valence-corrected chi connectivity index (χ3v) is 2.44. The molecule has 1 heterocycles. The van der Waals surface area contributed by atoms with Crippen LogP contribution in [0.1, 0.15) is 16.6 Å². The second-order valence-electron chi connectivity index (χ2n) is 2.80. The molecule has 1 N–H and O–H groups in total. The lowest BCUT2D eigenvalue weighted by atomic mass is 10.4. The fraction of sp³-hybridized carbons (Fsp3) is 0.444. The Labute approximate surface area is 86.1 Å². The van der Waals surface area contributed by atoms with Crippen molar-refractivity contribution in [3.63, 3.8) is 0 Å². The zero-order chi connectivity index (χ0) is 10.6. The van der Waals surface area contributed by atoms with Gasteiger partial charge in [-0.3, -0.25) is 0 Å². The Morgan fingerprint density at radius 1 is 1.71 bits per heavy atom. The molecule has 5 heteroatoms. The summed E-state index contributed by atoms with van der Waals surface area (Å²) >= 11 is 1.15. The van der Waals surface area contributed by atoms with Gasteiger partial charge in [0, 0.05) is 7.11 Å². The molecule has 0 bridgehead atoms. The summed E-state index contributed by atoms with van der Waals surface area (Å²) in [4.78, 5) is 11.0. The number of hydrogen-bond acceptors (Lipinski definition) is 4. The lowest BCUT2D eigenvalue weighted by Gasteiger charge is -2.12. The number of aromatic carboxylic acids is 1. The largest absolute Gasteiger partial charge is 0.487 e. The van der Waals surface area contributed by atoms with Crippen molar-refractivity contribution in [3.05, 3.63) is 16.3 Å². The first-order valence-electron chi connectivity index (χ1n) is 4.11. The van der Waals surface area contributed by atoms with E-state index in [1.165, 1.54) is 0 Å². The highest BCUT2D eigenvalue weighted by Crippen LogP contribution is 2.25. The molecule has 1 aromatic rings. The summed E-state index contributed by atoms with van der Waals surface area (Å²) in [5.74, 6) is -0.549. The molecule has 1 aromatic heterocycles. The minimum atomic E-state index is -0.959. The average Bonchev–Trinajstić information content (AvgIpc) is 2.52. The highest BCUT2D eigenvalue weighted by Gasteiger charge is 2.14. The van der Waals surface area contributed by atoms with Crippen molar-refractivity contribution in [1.29, 1.82) is 0 Å². The third kappa shape index (κ3) is 2.71. The van der Waals surface area contributed by atoms with Crippen LogP contribution < -0.4 is 4.74 Å². The summed E-state index contributed by atoms with van der Waals surface area (Å²) in [6, 6.07) is 1.65. The van der Waals surface area contributed by atoms with Crippen LogP contribution in [0.4, 0.5) is 0 Å². The predicted octanol–water partition coefficient (Wildman–Crippen LogP) is 1.86. The normalized spacial score (nSPS) is 12.4. The molecular weight excluding hydrogens is 204 g/mol. The van der Waals surface area contributed by atoms with E-state index < -0.39 is 5.97 Å². The molecule has 0 aliphatic rings. The second kappa shape index (κ2) is 4.97. The van der Waals surface area contributed by atoms with E-state index in [4.69, 9.17) is 14.6 Å². The fourth-order valence-corrected chi connectivity index (χ4v) is 1.69. The predicted molar refractivity (Wildman–Crippen MR) is 53.2 cm³/mol. The molecule has 0 aliphatic carbocycles. The zero-order valence-electron chi connectivity index (χ0n) is 8.02. The average molecular weight is 216 g/mol. The summed E-state index contributed by atoms with van der Waals surface area (Å²) in [5.41, 5.74) is 0. The van der Waals surface area contributed by atoms with Gasteiger partial charge in [0.1, 0.15) is 11.9 Å². The van der Waals surface area contributed by atoms with Crippen LogP contribution in [0.2, 0.25) is 0 Å². The Morgan fingerprint density at radius 2 is 2.43 bits per heavy atom. The van der Waals surface area contributed by atoms with Gasteiger partial charge < -0.3 is 14.6 Å². The summed E-state index contributed by atoms with van der Waals surface area (Å²) < 4.78 is 10.3. The Kier molecular flexibility index (Phi) is 3.91. The van der Waals surface area contributed by atoms with Crippen molar-refractivity contribution in [2.45, 2.75) is 13.0 Å². The van der Waals surface area contributed by atoms with Crippen LogP contribution in [0.3, 0.4) is 0 Å². The third-order valence-electron chi connectivity index (χ3n) is 1.55. The van der Waals surface area contributed by atoms with Crippen LogP contribution >= 0.6 is 11.3 Å². The molecule has 78 valence electrons. The van der Waals surface area contributed by atoms with Crippen molar-refractivity contribution in [2.75, 3.05) is 13.7 Å². The quantitative estimate of drug-likeness (QED) is 0.816. The van der Waals surface area contributed by atoms with Gasteiger partial charge in [-0.1, -0.05) is 0 Å². The van der Waals surface area contributed by atoms with Crippen molar-refractivity contribution in [2.24, 2.45) is 0 Å². The smallest absolute Gasteiger partial charge is 0.349 e. The van der Waals surface area contributed by atoms with Crippen molar-refractivity contribution in [1.82, 2.24) is 0 Å². The number of methoxy groups -OCH3 is 1. The zero-order valence-corrected chi connectivity index (χ0v) is 8.84. The van der Waals surface area contributed by atoms with E-state index in [0.717, 1.165) is 11.3 Å². The molecule has 14 heavy (non-hydrogen) atoms. The van der Waals surface area contributed by atoms with E-state index in [-0.39, 0.29) is 11.0 Å². The minimum Gasteiger partial charge on any atom is -0.487 e. The van der Waals surface area contributed by atoms with E-state index in [1.54, 1.807) is 18.6 Å². The molecule has 0 amide bonds. The molecule has 0 aromatic carbocycles. The lowest BCUT2D eigenvalue weighted by molar-refractivity contribution is 0.0681. The highest BCUT2D eigenvalue weighted by molar-refractivity contribution is 7.12. The summed E-state index contributed by atoms with van der Waals surface area (Å²) in [6.07, 6.45) is -0.146. The minimum absolute atomic E-state index is 0.146. The van der Waals surface area contributed by atoms with Crippen molar-refractivity contribution in [3.8, 4) is 5.75 Å². The standard InChI is InChI=1S/C9H12O4S/c1-6(5-12-2)13-7-3-4-14-8(7)9(10)11/h3-4,6H,5H2,1-2H3,(H,10,11). The van der Waals surface area contributed by atoms with Crippen LogP contribution in [0, 0.1) is 0 Å². The number of hydrogen-bond donors (Lipinski definition) is 1. The summed E-state index contributed by atoms with van der Waals surface area (Å²) in [6.45, 7) is 2.27. The molecule has 1 unspecified atom stereocenters. The van der Waals surface area contributed by atoms with Gasteiger partial charge in [-0.2, -0.15) is 0 Å². The Morgan fingerprint density at radius 3 is 3.00 bits per heavy atom. The highest BCUT2D eigenvalue weighted by atomic mass is 32.1. The van der Waals surface area contributed by atoms with Gasteiger partial charge in [-0.05, 0) is 18.4 Å². The molecule has 0 saturated heterocycles. The van der Waals surface area contributed by atoms with Crippen LogP contribution in [0.15, 0.2) is 11.4 Å². The number of ether oxygens (including phenoxy) is 2. The summed E-state index contributed by atoms with van der Waals surface area (Å²) in [7, 11) is 1.57. The van der Waals surface area contributed by atoms with Crippen LogP contribution in [0.25, 0.3) is 0 Å². The molecule has 0 fully saturated rings. The maximum Gasteiger partial charge on any atom is 0.349 e. The Balaban J connectivity index is 2.66. The van der Waals surface area contributed by atoms with E-state index in [9.17, 15) is 4.79 Å². The molecule has 0 spiro atoms. The van der Waals surface area contributed by atoms with Gasteiger partial charge in [-0.15, -0.1) is 11.3 Å². The Hall–Kier alpha value is -1.07. The van der Waals surface area contributed by atoms with Gasteiger partial charge in [0.25, 0.3) is 0 Å². The van der Waals surface area contributed by atoms with E-state index in [0.29, 0.717) is 12.4 Å². The molecule has 1 rings (SSSR count). The monoisotopic (exact) mass is 216 g/mol.